The second kappa shape index (κ2) is 6.88. The smallest absolute Gasteiger partial charge is 0.0487 e. The lowest BCUT2D eigenvalue weighted by Crippen LogP contribution is -2.51. The van der Waals surface area contributed by atoms with Gasteiger partial charge in [-0.1, -0.05) is 44.6 Å². The van der Waals surface area contributed by atoms with Gasteiger partial charge in [-0.15, -0.1) is 0 Å². The Labute approximate surface area is 136 Å². The summed E-state index contributed by atoms with van der Waals surface area (Å²) < 4.78 is 0. The number of rotatable bonds is 6. The number of aliphatic hydroxyl groups excluding tert-OH is 2. The van der Waals surface area contributed by atoms with E-state index in [1.54, 1.807) is 0 Å². The van der Waals surface area contributed by atoms with Crippen LogP contribution < -0.4 is 0 Å². The van der Waals surface area contributed by atoms with Gasteiger partial charge in [-0.2, -0.15) is 0 Å². The van der Waals surface area contributed by atoms with E-state index in [-0.39, 0.29) is 17.4 Å². The Bertz CT molecular complexity index is 427. The minimum atomic E-state index is 0.0774. The van der Waals surface area contributed by atoms with Crippen LogP contribution in [0.25, 0.3) is 0 Å². The summed E-state index contributed by atoms with van der Waals surface area (Å²) >= 11 is 0. The molecule has 0 heterocycles. The Kier molecular flexibility index (Phi) is 5.55. The fourth-order valence-electron chi connectivity index (χ4n) is 5.44. The molecule has 2 aliphatic rings. The third-order valence-corrected chi connectivity index (χ3v) is 6.76. The van der Waals surface area contributed by atoms with Gasteiger partial charge in [0.1, 0.15) is 0 Å². The van der Waals surface area contributed by atoms with Crippen LogP contribution in [0.15, 0.2) is 24.3 Å². The largest absolute Gasteiger partial charge is 0.396 e. The van der Waals surface area contributed by atoms with Crippen molar-refractivity contribution in [3.63, 3.8) is 0 Å². The molecule has 126 valence electrons. The van der Waals surface area contributed by atoms with E-state index in [2.05, 4.69) is 27.0 Å². The van der Waals surface area contributed by atoms with Crippen molar-refractivity contribution in [3.8, 4) is 0 Å². The minimum Gasteiger partial charge on any atom is -0.396 e. The molecule has 2 heteroatoms. The Morgan fingerprint density at radius 3 is 2.59 bits per heavy atom. The van der Waals surface area contributed by atoms with Crippen molar-refractivity contribution in [1.82, 2.24) is 0 Å². The van der Waals surface area contributed by atoms with Crippen LogP contribution in [-0.4, -0.2) is 23.4 Å². The molecule has 1 unspecified atom stereocenters. The predicted molar refractivity (Wildman–Crippen MR) is 92.6 cm³/mol. The van der Waals surface area contributed by atoms with Crippen LogP contribution in [0.4, 0.5) is 0 Å². The predicted octanol–water partition coefficient (Wildman–Crippen LogP) is 4.48. The van der Waals surface area contributed by atoms with Crippen molar-refractivity contribution in [1.29, 1.82) is 0 Å². The van der Waals surface area contributed by atoms with E-state index in [1.165, 1.54) is 24.8 Å². The van der Waals surface area contributed by atoms with Crippen molar-refractivity contribution in [3.05, 3.63) is 24.3 Å². The fraction of sp³-hybridized carbons (Fsp3) is 0.800. The van der Waals surface area contributed by atoms with Crippen LogP contribution in [0.1, 0.15) is 65.2 Å². The van der Waals surface area contributed by atoms with E-state index in [1.807, 2.05) is 0 Å². The average molecular weight is 306 g/mol. The molecule has 4 atom stereocenters. The van der Waals surface area contributed by atoms with Gasteiger partial charge in [-0.3, -0.25) is 0 Å². The van der Waals surface area contributed by atoms with Crippen molar-refractivity contribution in [2.75, 3.05) is 13.2 Å². The lowest BCUT2D eigenvalue weighted by Gasteiger charge is -2.58. The molecule has 2 saturated carbocycles. The Morgan fingerprint density at radius 2 is 1.95 bits per heavy atom. The molecule has 2 rings (SSSR count). The van der Waals surface area contributed by atoms with Crippen molar-refractivity contribution in [2.45, 2.75) is 65.2 Å². The molecule has 2 aliphatic carbocycles. The monoisotopic (exact) mass is 306 g/mol. The normalized spacial score (nSPS) is 38.6. The van der Waals surface area contributed by atoms with Crippen LogP contribution in [0.3, 0.4) is 0 Å². The lowest BCUT2D eigenvalue weighted by atomic mass is 9.47. The van der Waals surface area contributed by atoms with E-state index in [0.29, 0.717) is 24.9 Å². The highest BCUT2D eigenvalue weighted by Gasteiger charge is 2.53. The molecule has 2 nitrogen and oxygen atoms in total. The summed E-state index contributed by atoms with van der Waals surface area (Å²) in [5.74, 6) is 1.13. The zero-order valence-electron chi connectivity index (χ0n) is 14.5. The van der Waals surface area contributed by atoms with Crippen LogP contribution >= 0.6 is 0 Å². The van der Waals surface area contributed by atoms with Gasteiger partial charge in [0.2, 0.25) is 0 Å². The van der Waals surface area contributed by atoms with Gasteiger partial charge in [-0.25, -0.2) is 0 Å². The number of hydrogen-bond acceptors (Lipinski definition) is 2. The number of aliphatic hydroxyl groups is 2. The first-order valence-corrected chi connectivity index (χ1v) is 8.93. The molecule has 0 spiro atoms. The summed E-state index contributed by atoms with van der Waals surface area (Å²) in [4.78, 5) is 0. The first kappa shape index (κ1) is 17.7. The Balaban J connectivity index is 2.17. The molecule has 2 fully saturated rings. The van der Waals surface area contributed by atoms with Crippen LogP contribution in [0, 0.1) is 22.7 Å². The molecule has 0 aliphatic heterocycles. The second-order valence-corrected chi connectivity index (χ2v) is 8.24. The first-order valence-electron chi connectivity index (χ1n) is 8.93. The summed E-state index contributed by atoms with van der Waals surface area (Å²) in [6.45, 7) is 13.7. The SMILES string of the molecule is C=C(CCO)CCC1C(=C)CC[C@@H]2[C@](C)(CO)CCC[C@@]12C. The van der Waals surface area contributed by atoms with Crippen molar-refractivity contribution < 1.29 is 10.2 Å². The van der Waals surface area contributed by atoms with Gasteiger partial charge in [0.15, 0.2) is 0 Å². The summed E-state index contributed by atoms with van der Waals surface area (Å²) in [6, 6.07) is 0. The third-order valence-electron chi connectivity index (χ3n) is 6.76. The highest BCUT2D eigenvalue weighted by molar-refractivity contribution is 5.17. The third kappa shape index (κ3) is 3.19. The van der Waals surface area contributed by atoms with Crippen LogP contribution in [0.5, 0.6) is 0 Å². The van der Waals surface area contributed by atoms with E-state index in [9.17, 15) is 5.11 Å². The zero-order valence-corrected chi connectivity index (χ0v) is 14.5. The molecule has 22 heavy (non-hydrogen) atoms. The molecular formula is C20H34O2. The summed E-state index contributed by atoms with van der Waals surface area (Å²) in [6.07, 6.45) is 8.71. The van der Waals surface area contributed by atoms with Gasteiger partial charge in [0, 0.05) is 13.2 Å². The molecule has 0 saturated heterocycles. The molecule has 0 aromatic heterocycles. The molecular weight excluding hydrogens is 272 g/mol. The van der Waals surface area contributed by atoms with Crippen LogP contribution in [-0.2, 0) is 0 Å². The standard InChI is InChI=1S/C20H34O2/c1-15(10-13-21)6-8-17-16(2)7-9-18-19(3,14-22)11-5-12-20(17,18)4/h17-18,21-22H,1-2,5-14H2,3-4H3/t17?,18-,19+,20+/m1/s1. The second-order valence-electron chi connectivity index (χ2n) is 8.24. The van der Waals surface area contributed by atoms with Gasteiger partial charge in [-0.05, 0) is 67.6 Å². The molecule has 0 bridgehead atoms. The lowest BCUT2D eigenvalue weighted by molar-refractivity contribution is -0.0858. The van der Waals surface area contributed by atoms with E-state index < -0.39 is 0 Å². The zero-order chi connectivity index (χ0) is 16.4. The minimum absolute atomic E-state index is 0.0774. The topological polar surface area (TPSA) is 40.5 Å². The highest BCUT2D eigenvalue weighted by atomic mass is 16.3. The van der Waals surface area contributed by atoms with E-state index >= 15 is 0 Å². The molecule has 2 N–H and O–H groups in total. The van der Waals surface area contributed by atoms with E-state index in [4.69, 9.17) is 5.11 Å². The van der Waals surface area contributed by atoms with Crippen molar-refractivity contribution in [2.24, 2.45) is 22.7 Å². The van der Waals surface area contributed by atoms with Gasteiger partial charge >= 0.3 is 0 Å². The van der Waals surface area contributed by atoms with Gasteiger partial charge in [0.25, 0.3) is 0 Å². The van der Waals surface area contributed by atoms with E-state index in [0.717, 1.165) is 31.3 Å². The average Bonchev–Trinajstić information content (AvgIpc) is 2.46. The molecule has 0 radical (unpaired) electrons. The molecule has 0 amide bonds. The summed E-state index contributed by atoms with van der Waals surface area (Å²) in [7, 11) is 0. The Hall–Kier alpha value is -0.600. The number of fused-ring (bicyclic) bond motifs is 1. The quantitative estimate of drug-likeness (QED) is 0.710. The summed E-state index contributed by atoms with van der Waals surface area (Å²) in [5.41, 5.74) is 2.90. The highest BCUT2D eigenvalue weighted by Crippen LogP contribution is 2.61. The maximum absolute atomic E-state index is 9.98. The fourth-order valence-corrected chi connectivity index (χ4v) is 5.44. The van der Waals surface area contributed by atoms with Gasteiger partial charge < -0.3 is 10.2 Å². The van der Waals surface area contributed by atoms with Crippen molar-refractivity contribution >= 4 is 0 Å². The Morgan fingerprint density at radius 1 is 1.23 bits per heavy atom. The maximum atomic E-state index is 9.98. The van der Waals surface area contributed by atoms with Crippen LogP contribution in [0.2, 0.25) is 0 Å². The van der Waals surface area contributed by atoms with Gasteiger partial charge in [0.05, 0.1) is 0 Å². The number of allylic oxidation sites excluding steroid dienone is 1. The summed E-state index contributed by atoms with van der Waals surface area (Å²) in [5, 5.41) is 19.0. The molecule has 0 aromatic rings. The molecule has 0 aromatic carbocycles. The first-order chi connectivity index (χ1) is 10.4. The number of hydrogen-bond donors (Lipinski definition) is 2. The maximum Gasteiger partial charge on any atom is 0.0487 e.